The van der Waals surface area contributed by atoms with Gasteiger partial charge in [-0.1, -0.05) is 35.0 Å². The van der Waals surface area contributed by atoms with E-state index in [-0.39, 0.29) is 6.04 Å². The van der Waals surface area contributed by atoms with Crippen molar-refractivity contribution in [3.05, 3.63) is 64.1 Å². The summed E-state index contributed by atoms with van der Waals surface area (Å²) in [5.41, 5.74) is 6.09. The third-order valence-electron chi connectivity index (χ3n) is 5.87. The van der Waals surface area contributed by atoms with E-state index in [1.54, 1.807) is 0 Å². The molecule has 1 N–H and O–H groups in total. The molecule has 0 bridgehead atoms. The first-order valence-corrected chi connectivity index (χ1v) is 10.3. The molecule has 154 valence electrons. The Morgan fingerprint density at radius 3 is 2.69 bits per heavy atom. The number of hydrogen-bond donors (Lipinski definition) is 1. The molecular weight excluding hydrogens is 364 g/mol. The molecule has 4 rings (SSSR count). The van der Waals surface area contributed by atoms with Crippen LogP contribution in [-0.4, -0.2) is 51.5 Å². The van der Waals surface area contributed by atoms with Crippen LogP contribution in [0.3, 0.4) is 0 Å². The van der Waals surface area contributed by atoms with Crippen molar-refractivity contribution in [2.24, 2.45) is 0 Å². The highest BCUT2D eigenvalue weighted by Gasteiger charge is 2.25. The summed E-state index contributed by atoms with van der Waals surface area (Å²) in [6, 6.07) is 8.82. The molecule has 29 heavy (non-hydrogen) atoms. The number of nitrogens with one attached hydrogen (secondary N) is 1. The molecule has 7 nitrogen and oxygen atoms in total. The molecule has 1 fully saturated rings. The third-order valence-corrected chi connectivity index (χ3v) is 5.87. The molecule has 1 atom stereocenters. The number of benzene rings is 1. The van der Waals surface area contributed by atoms with Crippen LogP contribution in [-0.2, 0) is 19.4 Å². The van der Waals surface area contributed by atoms with Gasteiger partial charge in [-0.05, 0) is 45.4 Å². The van der Waals surface area contributed by atoms with Crippen molar-refractivity contribution in [3.8, 4) is 0 Å². The van der Waals surface area contributed by atoms with E-state index in [2.05, 4.69) is 77.1 Å². The van der Waals surface area contributed by atoms with Gasteiger partial charge in [0.1, 0.15) is 0 Å². The van der Waals surface area contributed by atoms with E-state index >= 15 is 0 Å². The van der Waals surface area contributed by atoms with Crippen LogP contribution in [0.5, 0.6) is 0 Å². The number of nitrogens with zero attached hydrogens (tertiary/aromatic N) is 5. The standard InChI is InChI=1S/C22H30N6O/c1-15-5-7-18(8-6-15)14-28-17(3)19(16(2)25-28)9-10-21-24-22(26-29-21)20-13-23-11-12-27(20)4/h5-8,20,23H,9-14H2,1-4H3. The van der Waals surface area contributed by atoms with Gasteiger partial charge < -0.3 is 9.84 Å². The van der Waals surface area contributed by atoms with Crippen molar-refractivity contribution in [3.63, 3.8) is 0 Å². The lowest BCUT2D eigenvalue weighted by molar-refractivity contribution is 0.190. The lowest BCUT2D eigenvalue weighted by Crippen LogP contribution is -2.44. The second-order valence-electron chi connectivity index (χ2n) is 8.04. The van der Waals surface area contributed by atoms with Crippen molar-refractivity contribution in [2.45, 2.75) is 46.2 Å². The Morgan fingerprint density at radius 2 is 1.93 bits per heavy atom. The number of rotatable bonds is 6. The van der Waals surface area contributed by atoms with Gasteiger partial charge in [-0.25, -0.2) is 0 Å². The molecule has 0 radical (unpaired) electrons. The summed E-state index contributed by atoms with van der Waals surface area (Å²) in [7, 11) is 2.11. The predicted molar refractivity (Wildman–Crippen MR) is 112 cm³/mol. The smallest absolute Gasteiger partial charge is 0.227 e. The number of aromatic nitrogens is 4. The minimum absolute atomic E-state index is 0.182. The molecule has 3 aromatic rings. The highest BCUT2D eigenvalue weighted by Crippen LogP contribution is 2.20. The average molecular weight is 395 g/mol. The van der Waals surface area contributed by atoms with Crippen LogP contribution in [0, 0.1) is 20.8 Å². The van der Waals surface area contributed by atoms with E-state index in [0.717, 1.165) is 50.5 Å². The van der Waals surface area contributed by atoms with Crippen molar-refractivity contribution in [2.75, 3.05) is 26.7 Å². The van der Waals surface area contributed by atoms with Crippen LogP contribution < -0.4 is 5.32 Å². The Kier molecular flexibility index (Phi) is 5.78. The van der Waals surface area contributed by atoms with Crippen LogP contribution in [0.4, 0.5) is 0 Å². The zero-order valence-corrected chi connectivity index (χ0v) is 17.8. The Bertz CT molecular complexity index is 958. The maximum Gasteiger partial charge on any atom is 0.227 e. The maximum absolute atomic E-state index is 5.54. The molecule has 1 aromatic carbocycles. The normalized spacial score (nSPS) is 17.7. The summed E-state index contributed by atoms with van der Waals surface area (Å²) in [6.07, 6.45) is 1.58. The highest BCUT2D eigenvalue weighted by molar-refractivity contribution is 5.27. The fraction of sp³-hybridized carbons (Fsp3) is 0.500. The van der Waals surface area contributed by atoms with Crippen LogP contribution in [0.15, 0.2) is 28.8 Å². The molecule has 1 aliphatic rings. The van der Waals surface area contributed by atoms with Gasteiger partial charge in [0.05, 0.1) is 18.3 Å². The van der Waals surface area contributed by atoms with Gasteiger partial charge in [0.15, 0.2) is 5.82 Å². The zero-order chi connectivity index (χ0) is 20.4. The van der Waals surface area contributed by atoms with Gasteiger partial charge in [0, 0.05) is 31.7 Å². The van der Waals surface area contributed by atoms with Crippen LogP contribution in [0.2, 0.25) is 0 Å². The Hall–Kier alpha value is -2.51. The molecule has 3 heterocycles. The first kappa shape index (κ1) is 19.8. The van der Waals surface area contributed by atoms with Crippen molar-refractivity contribution < 1.29 is 4.52 Å². The summed E-state index contributed by atoms with van der Waals surface area (Å²) in [6.45, 7) is 9.98. The largest absolute Gasteiger partial charge is 0.339 e. The van der Waals surface area contributed by atoms with Crippen LogP contribution >= 0.6 is 0 Å². The van der Waals surface area contributed by atoms with E-state index in [0.29, 0.717) is 5.89 Å². The van der Waals surface area contributed by atoms with E-state index < -0.39 is 0 Å². The number of hydrogen-bond acceptors (Lipinski definition) is 6. The first-order chi connectivity index (χ1) is 14.0. The van der Waals surface area contributed by atoms with E-state index in [1.807, 2.05) is 0 Å². The second-order valence-corrected chi connectivity index (χ2v) is 8.04. The molecule has 2 aromatic heterocycles. The van der Waals surface area contributed by atoms with Gasteiger partial charge >= 0.3 is 0 Å². The second kappa shape index (κ2) is 8.47. The van der Waals surface area contributed by atoms with Crippen molar-refractivity contribution >= 4 is 0 Å². The van der Waals surface area contributed by atoms with Crippen molar-refractivity contribution in [1.82, 2.24) is 30.1 Å². The lowest BCUT2D eigenvalue weighted by Gasteiger charge is -2.30. The van der Waals surface area contributed by atoms with E-state index in [9.17, 15) is 0 Å². The topological polar surface area (TPSA) is 72.0 Å². The van der Waals surface area contributed by atoms with Gasteiger partial charge in [-0.15, -0.1) is 0 Å². The van der Waals surface area contributed by atoms with Crippen molar-refractivity contribution in [1.29, 1.82) is 0 Å². The zero-order valence-electron chi connectivity index (χ0n) is 17.8. The molecular formula is C22H30N6O. The molecule has 0 saturated carbocycles. The maximum atomic E-state index is 5.54. The fourth-order valence-corrected chi connectivity index (χ4v) is 3.95. The SMILES string of the molecule is Cc1ccc(Cn2nc(C)c(CCc3nc(C4CNCCN4C)no3)c2C)cc1. The lowest BCUT2D eigenvalue weighted by atomic mass is 10.1. The van der Waals surface area contributed by atoms with Gasteiger partial charge in [-0.2, -0.15) is 10.1 Å². The summed E-state index contributed by atoms with van der Waals surface area (Å²) in [4.78, 5) is 6.93. The van der Waals surface area contributed by atoms with Gasteiger partial charge in [0.2, 0.25) is 5.89 Å². The molecule has 0 aliphatic carbocycles. The Morgan fingerprint density at radius 1 is 1.14 bits per heavy atom. The van der Waals surface area contributed by atoms with Crippen LogP contribution in [0.1, 0.15) is 45.8 Å². The van der Waals surface area contributed by atoms with Gasteiger partial charge in [0.25, 0.3) is 0 Å². The average Bonchev–Trinajstić information content (AvgIpc) is 3.27. The molecule has 1 saturated heterocycles. The minimum atomic E-state index is 0.182. The molecule has 1 aliphatic heterocycles. The highest BCUT2D eigenvalue weighted by atomic mass is 16.5. The van der Waals surface area contributed by atoms with E-state index in [4.69, 9.17) is 9.62 Å². The summed E-state index contributed by atoms with van der Waals surface area (Å²) >= 11 is 0. The fourth-order valence-electron chi connectivity index (χ4n) is 3.95. The quantitative estimate of drug-likeness (QED) is 0.693. The monoisotopic (exact) mass is 394 g/mol. The molecule has 0 spiro atoms. The Labute approximate surface area is 172 Å². The molecule has 0 amide bonds. The number of piperazine rings is 1. The number of likely N-dealkylation sites (N-methyl/N-ethyl adjacent to an activating group) is 1. The number of aryl methyl sites for hydroxylation is 3. The predicted octanol–water partition coefficient (Wildman–Crippen LogP) is 2.60. The van der Waals surface area contributed by atoms with E-state index in [1.165, 1.54) is 22.4 Å². The summed E-state index contributed by atoms with van der Waals surface area (Å²) < 4.78 is 7.63. The molecule has 1 unspecified atom stereocenters. The van der Waals surface area contributed by atoms with Gasteiger partial charge in [-0.3, -0.25) is 9.58 Å². The Balaban J connectivity index is 1.42. The third kappa shape index (κ3) is 4.41. The minimum Gasteiger partial charge on any atom is -0.339 e. The van der Waals surface area contributed by atoms with Crippen LogP contribution in [0.25, 0.3) is 0 Å². The summed E-state index contributed by atoms with van der Waals surface area (Å²) in [5.74, 6) is 1.47. The summed E-state index contributed by atoms with van der Waals surface area (Å²) in [5, 5.41) is 12.4. The molecule has 7 heteroatoms. The first-order valence-electron chi connectivity index (χ1n) is 10.3.